The molecule has 0 spiro atoms. The molecule has 9 heteroatoms. The number of nitrogens with two attached hydrogens (primary N) is 1. The fourth-order valence-corrected chi connectivity index (χ4v) is 4.36. The SMILES string of the molecule is CCCCC(N)C(=O)O.O=C(O)CCCC[C@@H]1SC[C@@H]2NC(=O)N[C@@H]21. The summed E-state index contributed by atoms with van der Waals surface area (Å²) in [7, 11) is 0. The molecule has 4 atom stereocenters. The summed E-state index contributed by atoms with van der Waals surface area (Å²) in [6.45, 7) is 2.01. The van der Waals surface area contributed by atoms with Gasteiger partial charge in [0.05, 0.1) is 12.1 Å². The Morgan fingerprint density at radius 2 is 2.00 bits per heavy atom. The van der Waals surface area contributed by atoms with Crippen LogP contribution in [0.2, 0.25) is 0 Å². The van der Waals surface area contributed by atoms with Crippen LogP contribution in [0.5, 0.6) is 0 Å². The average molecular weight is 375 g/mol. The minimum absolute atomic E-state index is 0.0640. The highest BCUT2D eigenvalue weighted by Gasteiger charge is 2.42. The van der Waals surface area contributed by atoms with Crippen LogP contribution < -0.4 is 16.4 Å². The highest BCUT2D eigenvalue weighted by Crippen LogP contribution is 2.33. The lowest BCUT2D eigenvalue weighted by molar-refractivity contribution is -0.139. The number of unbranched alkanes of at least 4 members (excludes halogenated alkanes) is 2. The first-order chi connectivity index (χ1) is 11.8. The largest absolute Gasteiger partial charge is 0.481 e. The predicted molar refractivity (Wildman–Crippen MR) is 96.7 cm³/mol. The lowest BCUT2D eigenvalue weighted by Gasteiger charge is -2.16. The van der Waals surface area contributed by atoms with E-state index in [0.717, 1.165) is 37.9 Å². The van der Waals surface area contributed by atoms with E-state index in [2.05, 4.69) is 10.6 Å². The van der Waals surface area contributed by atoms with Crippen molar-refractivity contribution in [3.63, 3.8) is 0 Å². The Bertz CT molecular complexity index is 463. The van der Waals surface area contributed by atoms with Crippen molar-refractivity contribution in [2.24, 2.45) is 5.73 Å². The number of urea groups is 1. The van der Waals surface area contributed by atoms with Crippen molar-refractivity contribution in [2.45, 2.75) is 75.2 Å². The molecule has 0 aromatic heterocycles. The number of rotatable bonds is 9. The molecule has 2 rings (SSSR count). The molecule has 2 aliphatic rings. The zero-order valence-electron chi connectivity index (χ0n) is 14.6. The molecule has 0 bridgehead atoms. The van der Waals surface area contributed by atoms with E-state index in [0.29, 0.717) is 11.7 Å². The molecule has 1 unspecified atom stereocenters. The van der Waals surface area contributed by atoms with Gasteiger partial charge in [0.2, 0.25) is 0 Å². The van der Waals surface area contributed by atoms with Crippen LogP contribution in [0.4, 0.5) is 4.79 Å². The molecule has 2 amide bonds. The van der Waals surface area contributed by atoms with Gasteiger partial charge in [0.1, 0.15) is 6.04 Å². The molecule has 144 valence electrons. The van der Waals surface area contributed by atoms with Crippen molar-refractivity contribution in [2.75, 3.05) is 5.75 Å². The first-order valence-corrected chi connectivity index (χ1v) is 9.78. The first-order valence-electron chi connectivity index (χ1n) is 8.74. The van der Waals surface area contributed by atoms with Gasteiger partial charge in [-0.25, -0.2) is 4.79 Å². The van der Waals surface area contributed by atoms with Gasteiger partial charge < -0.3 is 26.6 Å². The van der Waals surface area contributed by atoms with Gasteiger partial charge in [-0.3, -0.25) is 9.59 Å². The zero-order chi connectivity index (χ0) is 18.8. The Morgan fingerprint density at radius 1 is 1.28 bits per heavy atom. The summed E-state index contributed by atoms with van der Waals surface area (Å²) in [6, 6.07) is -0.222. The van der Waals surface area contributed by atoms with Crippen molar-refractivity contribution < 1.29 is 24.6 Å². The van der Waals surface area contributed by atoms with E-state index < -0.39 is 18.0 Å². The molecular formula is C16H29N3O5S. The summed E-state index contributed by atoms with van der Waals surface area (Å²) in [6.07, 6.45) is 5.37. The van der Waals surface area contributed by atoms with Crippen molar-refractivity contribution in [3.05, 3.63) is 0 Å². The van der Waals surface area contributed by atoms with Crippen LogP contribution >= 0.6 is 11.8 Å². The molecule has 2 saturated heterocycles. The molecule has 8 nitrogen and oxygen atoms in total. The maximum atomic E-state index is 11.1. The summed E-state index contributed by atoms with van der Waals surface area (Å²) in [5.41, 5.74) is 5.20. The van der Waals surface area contributed by atoms with E-state index in [4.69, 9.17) is 15.9 Å². The number of amides is 2. The molecule has 0 saturated carbocycles. The number of carbonyl (C=O) groups excluding carboxylic acids is 1. The number of carboxylic acid groups (broad SMARTS) is 2. The first kappa shape index (κ1) is 21.6. The van der Waals surface area contributed by atoms with Crippen LogP contribution in [0.15, 0.2) is 0 Å². The second kappa shape index (κ2) is 11.2. The van der Waals surface area contributed by atoms with Crippen molar-refractivity contribution >= 4 is 29.7 Å². The fraction of sp³-hybridized carbons (Fsp3) is 0.812. The predicted octanol–water partition coefficient (Wildman–Crippen LogP) is 1.39. The van der Waals surface area contributed by atoms with Crippen LogP contribution in [0.1, 0.15) is 51.9 Å². The molecule has 6 N–H and O–H groups in total. The van der Waals surface area contributed by atoms with E-state index in [-0.39, 0.29) is 24.5 Å². The van der Waals surface area contributed by atoms with E-state index >= 15 is 0 Å². The number of aliphatic carboxylic acids is 2. The highest BCUT2D eigenvalue weighted by atomic mass is 32.2. The number of nitrogens with one attached hydrogen (secondary N) is 2. The Balaban J connectivity index is 0.000000299. The maximum Gasteiger partial charge on any atom is 0.320 e. The van der Waals surface area contributed by atoms with Gasteiger partial charge >= 0.3 is 18.0 Å². The van der Waals surface area contributed by atoms with Crippen molar-refractivity contribution in [1.82, 2.24) is 10.6 Å². The summed E-state index contributed by atoms with van der Waals surface area (Å²) in [4.78, 5) is 31.5. The number of hydrogen-bond donors (Lipinski definition) is 5. The van der Waals surface area contributed by atoms with Gasteiger partial charge in [-0.2, -0.15) is 11.8 Å². The van der Waals surface area contributed by atoms with Gasteiger partial charge in [-0.15, -0.1) is 0 Å². The number of carbonyl (C=O) groups is 3. The summed E-state index contributed by atoms with van der Waals surface area (Å²) < 4.78 is 0. The molecule has 0 aromatic rings. The van der Waals surface area contributed by atoms with Crippen LogP contribution in [-0.2, 0) is 9.59 Å². The van der Waals surface area contributed by atoms with Crippen LogP contribution in [0.25, 0.3) is 0 Å². The van der Waals surface area contributed by atoms with Crippen LogP contribution in [0.3, 0.4) is 0 Å². The molecule has 0 aromatic carbocycles. The van der Waals surface area contributed by atoms with E-state index in [9.17, 15) is 14.4 Å². The average Bonchev–Trinajstić information content (AvgIpc) is 3.09. The van der Waals surface area contributed by atoms with Crippen molar-refractivity contribution in [1.29, 1.82) is 0 Å². The normalized spacial score (nSPS) is 25.2. The number of thioether (sulfide) groups is 1. The smallest absolute Gasteiger partial charge is 0.320 e. The second-order valence-electron chi connectivity index (χ2n) is 6.35. The van der Waals surface area contributed by atoms with Gasteiger partial charge in [0, 0.05) is 17.4 Å². The third-order valence-electron chi connectivity index (χ3n) is 4.25. The van der Waals surface area contributed by atoms with Gasteiger partial charge in [-0.1, -0.05) is 26.2 Å². The van der Waals surface area contributed by atoms with Gasteiger partial charge in [0.15, 0.2) is 0 Å². The lowest BCUT2D eigenvalue weighted by Crippen LogP contribution is -2.36. The minimum atomic E-state index is -0.900. The third kappa shape index (κ3) is 7.96. The fourth-order valence-electron chi connectivity index (χ4n) is 2.81. The summed E-state index contributed by atoms with van der Waals surface area (Å²) >= 11 is 1.87. The minimum Gasteiger partial charge on any atom is -0.481 e. The second-order valence-corrected chi connectivity index (χ2v) is 7.62. The van der Waals surface area contributed by atoms with Gasteiger partial charge in [0.25, 0.3) is 0 Å². The number of hydrogen-bond acceptors (Lipinski definition) is 5. The molecule has 0 radical (unpaired) electrons. The van der Waals surface area contributed by atoms with Crippen LogP contribution in [0, 0.1) is 0 Å². The quantitative estimate of drug-likeness (QED) is 0.303. The Hall–Kier alpha value is -1.48. The topological polar surface area (TPSA) is 142 Å². The van der Waals surface area contributed by atoms with Crippen LogP contribution in [-0.4, -0.2) is 57.3 Å². The summed E-state index contributed by atoms with van der Waals surface area (Å²) in [5, 5.41) is 23.1. The summed E-state index contributed by atoms with van der Waals surface area (Å²) in [5.74, 6) is -0.663. The molecule has 2 heterocycles. The van der Waals surface area contributed by atoms with Gasteiger partial charge in [-0.05, 0) is 19.3 Å². The molecular weight excluding hydrogens is 346 g/mol. The molecule has 2 aliphatic heterocycles. The van der Waals surface area contributed by atoms with E-state index in [1.807, 2.05) is 18.7 Å². The monoisotopic (exact) mass is 375 g/mol. The Morgan fingerprint density at radius 3 is 2.60 bits per heavy atom. The highest BCUT2D eigenvalue weighted by molar-refractivity contribution is 8.00. The third-order valence-corrected chi connectivity index (χ3v) is 5.76. The Labute approximate surface area is 152 Å². The zero-order valence-corrected chi connectivity index (χ0v) is 15.4. The standard InChI is InChI=1S/C10H16N2O3S.C6H13NO2/c13-8(14)4-2-1-3-7-9-6(5-16-7)11-10(15)12-9;1-2-3-4-5(7)6(8)9/h6-7,9H,1-5H2,(H,13,14)(H2,11,12,15);5H,2-4,7H2,1H3,(H,8,9)/t6-,7-,9-;/m0./s1. The van der Waals surface area contributed by atoms with E-state index in [1.54, 1.807) is 0 Å². The van der Waals surface area contributed by atoms with Crippen molar-refractivity contribution in [3.8, 4) is 0 Å². The molecule has 2 fully saturated rings. The van der Waals surface area contributed by atoms with E-state index in [1.165, 1.54) is 0 Å². The Kier molecular flexibility index (Phi) is 9.66. The maximum absolute atomic E-state index is 11.1. The molecule has 25 heavy (non-hydrogen) atoms. The molecule has 0 aliphatic carbocycles. The lowest BCUT2D eigenvalue weighted by atomic mass is 10.0. The number of fused-ring (bicyclic) bond motifs is 1. The number of carboxylic acids is 2.